The Hall–Kier alpha value is -6.64. The number of anilines is 6. The second-order valence-corrected chi connectivity index (χ2v) is 14.6. The number of fused-ring (bicyclic) bond motifs is 7. The number of benzene rings is 9. The summed E-state index contributed by atoms with van der Waals surface area (Å²) in [7, 11) is 0. The van der Waals surface area contributed by atoms with E-state index in [9.17, 15) is 0 Å². The van der Waals surface area contributed by atoms with Crippen LogP contribution in [0.25, 0.3) is 49.2 Å². The summed E-state index contributed by atoms with van der Waals surface area (Å²) < 4.78 is 0. The zero-order chi connectivity index (χ0) is 36.2. The van der Waals surface area contributed by atoms with Gasteiger partial charge in [0, 0.05) is 33.5 Å². The fourth-order valence-electron chi connectivity index (χ4n) is 8.47. The van der Waals surface area contributed by atoms with Crippen LogP contribution in [0.3, 0.4) is 0 Å². The Morgan fingerprint density at radius 2 is 0.926 bits per heavy atom. The molecule has 2 heteroatoms. The molecule has 0 amide bonds. The van der Waals surface area contributed by atoms with Gasteiger partial charge in [-0.2, -0.15) is 0 Å². The average molecular weight is 693 g/mol. The van der Waals surface area contributed by atoms with Crippen molar-refractivity contribution in [2.45, 2.75) is 26.7 Å². The van der Waals surface area contributed by atoms with Crippen LogP contribution in [0.1, 0.15) is 28.7 Å². The first-order valence-corrected chi connectivity index (χ1v) is 19.0. The third-order valence-electron chi connectivity index (χ3n) is 11.3. The molecule has 0 heterocycles. The zero-order valence-electron chi connectivity index (χ0n) is 30.6. The maximum atomic E-state index is 2.46. The van der Waals surface area contributed by atoms with Gasteiger partial charge in [-0.05, 0) is 148 Å². The van der Waals surface area contributed by atoms with Crippen LogP contribution in [-0.2, 0) is 6.42 Å². The molecule has 54 heavy (non-hydrogen) atoms. The second-order valence-electron chi connectivity index (χ2n) is 14.6. The molecule has 1 aliphatic rings. The van der Waals surface area contributed by atoms with Crippen molar-refractivity contribution in [3.63, 3.8) is 0 Å². The molecule has 0 aliphatic heterocycles. The monoisotopic (exact) mass is 692 g/mol. The summed E-state index contributed by atoms with van der Waals surface area (Å²) in [4.78, 5) is 4.90. The van der Waals surface area contributed by atoms with Crippen LogP contribution >= 0.6 is 0 Å². The molecule has 0 fully saturated rings. The fraction of sp³-hybridized carbons (Fsp3) is 0.0769. The highest BCUT2D eigenvalue weighted by Crippen LogP contribution is 2.48. The average Bonchev–Trinajstić information content (AvgIpc) is 3.22. The number of aryl methyl sites for hydroxylation is 3. The molecule has 258 valence electrons. The van der Waals surface area contributed by atoms with E-state index in [0.29, 0.717) is 0 Å². The van der Waals surface area contributed by atoms with Gasteiger partial charge >= 0.3 is 0 Å². The van der Waals surface area contributed by atoms with E-state index >= 15 is 0 Å². The Morgan fingerprint density at radius 3 is 1.65 bits per heavy atom. The van der Waals surface area contributed by atoms with Crippen LogP contribution in [0.2, 0.25) is 0 Å². The van der Waals surface area contributed by atoms with E-state index in [0.717, 1.165) is 35.6 Å². The number of nitrogens with zero attached hydrogens (tertiary/aromatic N) is 2. The molecule has 9 aromatic carbocycles. The summed E-state index contributed by atoms with van der Waals surface area (Å²) in [6.45, 7) is 4.48. The molecule has 0 atom stereocenters. The summed E-state index contributed by atoms with van der Waals surface area (Å²) in [5.41, 5.74) is 12.2. The molecule has 1 aliphatic carbocycles. The van der Waals surface area contributed by atoms with Gasteiger partial charge in [-0.15, -0.1) is 0 Å². The maximum absolute atomic E-state index is 2.46. The summed E-state index contributed by atoms with van der Waals surface area (Å²) in [6.07, 6.45) is 6.77. The van der Waals surface area contributed by atoms with Crippen LogP contribution in [0.15, 0.2) is 176 Å². The largest absolute Gasteiger partial charge is 0.310 e. The van der Waals surface area contributed by atoms with E-state index in [-0.39, 0.29) is 0 Å². The number of hydrogen-bond acceptors (Lipinski definition) is 2. The van der Waals surface area contributed by atoms with Gasteiger partial charge in [-0.1, -0.05) is 115 Å². The smallest absolute Gasteiger partial charge is 0.0546 e. The van der Waals surface area contributed by atoms with Gasteiger partial charge in [0.2, 0.25) is 0 Å². The minimum atomic E-state index is 1.09. The lowest BCUT2D eigenvalue weighted by atomic mass is 9.91. The highest BCUT2D eigenvalue weighted by atomic mass is 15.2. The topological polar surface area (TPSA) is 6.48 Å². The van der Waals surface area contributed by atoms with Crippen molar-refractivity contribution >= 4 is 83.3 Å². The third kappa shape index (κ3) is 5.42. The lowest BCUT2D eigenvalue weighted by molar-refractivity contribution is 0.985. The third-order valence-corrected chi connectivity index (χ3v) is 11.3. The lowest BCUT2D eigenvalue weighted by Gasteiger charge is -2.30. The van der Waals surface area contributed by atoms with Crippen molar-refractivity contribution in [2.24, 2.45) is 0 Å². The standard InChI is InChI=1S/C52H40N2/c1-35-29-47-49-34-51(53(41-19-5-3-6-20-41)43-27-25-37-15-9-11-17-39(37)31-43)46-24-14-13-23-45(46)48(49)33-52(50(47)30-36(35)2)54(42-21-7-4-8-22-42)44-28-26-38-16-10-12-18-40(38)32-44/h3-8,10-14,16-34H,9,15H2,1-2H3. The normalized spacial score (nSPS) is 12.4. The van der Waals surface area contributed by atoms with Crippen LogP contribution in [0.5, 0.6) is 0 Å². The Labute approximate surface area is 316 Å². The van der Waals surface area contributed by atoms with Gasteiger partial charge in [0.1, 0.15) is 0 Å². The van der Waals surface area contributed by atoms with Crippen LogP contribution in [0.4, 0.5) is 34.1 Å². The number of hydrogen-bond donors (Lipinski definition) is 0. The quantitative estimate of drug-likeness (QED) is 0.160. The van der Waals surface area contributed by atoms with Gasteiger partial charge in [-0.25, -0.2) is 0 Å². The van der Waals surface area contributed by atoms with Crippen molar-refractivity contribution in [2.75, 3.05) is 9.80 Å². The molecule has 0 saturated heterocycles. The first kappa shape index (κ1) is 32.0. The predicted octanol–water partition coefficient (Wildman–Crippen LogP) is 14.8. The van der Waals surface area contributed by atoms with Crippen molar-refractivity contribution in [3.05, 3.63) is 198 Å². The molecular weight excluding hydrogens is 653 g/mol. The second kappa shape index (κ2) is 13.1. The molecule has 0 bridgehead atoms. The van der Waals surface area contributed by atoms with Gasteiger partial charge in [-0.3, -0.25) is 0 Å². The minimum absolute atomic E-state index is 1.09. The van der Waals surface area contributed by atoms with E-state index in [1.165, 1.54) is 76.7 Å². The van der Waals surface area contributed by atoms with E-state index in [1.807, 2.05) is 0 Å². The molecule has 10 rings (SSSR count). The van der Waals surface area contributed by atoms with Gasteiger partial charge in [0.15, 0.2) is 0 Å². The molecule has 0 unspecified atom stereocenters. The van der Waals surface area contributed by atoms with Crippen LogP contribution in [0, 0.1) is 13.8 Å². The summed E-state index contributed by atoms with van der Waals surface area (Å²) in [6, 6.07) is 62.8. The Balaban J connectivity index is 1.30. The highest BCUT2D eigenvalue weighted by Gasteiger charge is 2.23. The van der Waals surface area contributed by atoms with E-state index in [1.54, 1.807) is 0 Å². The van der Waals surface area contributed by atoms with Crippen LogP contribution < -0.4 is 9.80 Å². The summed E-state index contributed by atoms with van der Waals surface area (Å²) in [5, 5.41) is 9.88. The predicted molar refractivity (Wildman–Crippen MR) is 233 cm³/mol. The van der Waals surface area contributed by atoms with Gasteiger partial charge < -0.3 is 9.80 Å². The maximum Gasteiger partial charge on any atom is 0.0546 e. The summed E-state index contributed by atoms with van der Waals surface area (Å²) >= 11 is 0. The van der Waals surface area contributed by atoms with Crippen molar-refractivity contribution in [1.29, 1.82) is 0 Å². The Bertz CT molecular complexity index is 2910. The fourth-order valence-corrected chi connectivity index (χ4v) is 8.47. The molecule has 2 nitrogen and oxygen atoms in total. The lowest BCUT2D eigenvalue weighted by Crippen LogP contribution is -2.12. The summed E-state index contributed by atoms with van der Waals surface area (Å²) in [5.74, 6) is 0. The molecule has 0 N–H and O–H groups in total. The van der Waals surface area contributed by atoms with Crippen molar-refractivity contribution < 1.29 is 0 Å². The van der Waals surface area contributed by atoms with E-state index in [4.69, 9.17) is 0 Å². The molecular formula is C52H40N2. The highest BCUT2D eigenvalue weighted by molar-refractivity contribution is 6.25. The molecule has 9 aromatic rings. The van der Waals surface area contributed by atoms with Crippen molar-refractivity contribution in [1.82, 2.24) is 0 Å². The minimum Gasteiger partial charge on any atom is -0.310 e. The van der Waals surface area contributed by atoms with Gasteiger partial charge in [0.25, 0.3) is 0 Å². The molecule has 0 saturated carbocycles. The number of rotatable bonds is 6. The number of allylic oxidation sites excluding steroid dienone is 1. The zero-order valence-corrected chi connectivity index (χ0v) is 30.6. The van der Waals surface area contributed by atoms with E-state index in [2.05, 4.69) is 206 Å². The van der Waals surface area contributed by atoms with Crippen LogP contribution in [-0.4, -0.2) is 0 Å². The Kier molecular flexibility index (Phi) is 7.77. The first-order chi connectivity index (χ1) is 26.6. The number of para-hydroxylation sites is 2. The molecule has 0 aromatic heterocycles. The Morgan fingerprint density at radius 1 is 0.389 bits per heavy atom. The van der Waals surface area contributed by atoms with Gasteiger partial charge in [0.05, 0.1) is 11.4 Å². The molecule has 0 spiro atoms. The van der Waals surface area contributed by atoms with Crippen molar-refractivity contribution in [3.8, 4) is 0 Å². The van der Waals surface area contributed by atoms with E-state index < -0.39 is 0 Å². The molecule has 0 radical (unpaired) electrons. The first-order valence-electron chi connectivity index (χ1n) is 19.0. The SMILES string of the molecule is Cc1cc2c(N(c3ccccc3)c3ccc4ccccc4c3)cc3c4ccccc4c(N(c4ccccc4)c4ccc5c(c4)C=CCC5)cc3c2cc1C.